The van der Waals surface area contributed by atoms with E-state index in [-0.39, 0.29) is 16.8 Å². The maximum Gasteiger partial charge on any atom is 0.573 e. The van der Waals surface area contributed by atoms with Crippen LogP contribution in [-0.4, -0.2) is 17.1 Å². The van der Waals surface area contributed by atoms with Crippen LogP contribution in [0.4, 0.5) is 18.9 Å². The molecule has 1 aromatic carbocycles. The fraction of sp³-hybridized carbons (Fsp3) is 0.0769. The Morgan fingerprint density at radius 3 is 2.55 bits per heavy atom. The molecule has 1 aromatic heterocycles. The third kappa shape index (κ3) is 3.25. The van der Waals surface area contributed by atoms with Gasteiger partial charge in [-0.3, -0.25) is 9.78 Å². The topological polar surface area (TPSA) is 65.2 Å². The zero-order valence-corrected chi connectivity index (χ0v) is 10.0. The van der Waals surface area contributed by atoms with Crippen LogP contribution >= 0.6 is 0 Å². The number of carbonyl (C=O) groups is 1. The number of carbonyl (C=O) groups excluding carboxylic acids is 1. The van der Waals surface area contributed by atoms with Gasteiger partial charge in [0.05, 0.1) is 5.69 Å². The number of benzene rings is 1. The average molecular weight is 282 g/mol. The van der Waals surface area contributed by atoms with Crippen LogP contribution in [0.1, 0.15) is 15.9 Å². The number of nitrogen functional groups attached to an aromatic ring is 1. The smallest absolute Gasteiger partial charge is 0.404 e. The van der Waals surface area contributed by atoms with Gasteiger partial charge in [-0.1, -0.05) is 0 Å². The van der Waals surface area contributed by atoms with Gasteiger partial charge in [-0.25, -0.2) is 0 Å². The van der Waals surface area contributed by atoms with Gasteiger partial charge in [0.15, 0.2) is 11.5 Å². The molecule has 0 radical (unpaired) electrons. The molecule has 0 bridgehead atoms. The summed E-state index contributed by atoms with van der Waals surface area (Å²) in [4.78, 5) is 15.8. The summed E-state index contributed by atoms with van der Waals surface area (Å²) in [5.41, 5.74) is 5.48. The zero-order chi connectivity index (χ0) is 14.8. The molecule has 0 unspecified atom stereocenters. The minimum absolute atomic E-state index is 0.0337. The molecule has 0 atom stereocenters. The van der Waals surface area contributed by atoms with E-state index in [1.807, 2.05) is 0 Å². The molecule has 0 amide bonds. The van der Waals surface area contributed by atoms with Crippen LogP contribution < -0.4 is 10.5 Å². The summed E-state index contributed by atoms with van der Waals surface area (Å²) < 4.78 is 40.4. The van der Waals surface area contributed by atoms with Crippen molar-refractivity contribution >= 4 is 11.5 Å². The highest BCUT2D eigenvalue weighted by Gasteiger charge is 2.32. The van der Waals surface area contributed by atoms with E-state index in [4.69, 9.17) is 5.73 Å². The van der Waals surface area contributed by atoms with Gasteiger partial charge in [-0.15, -0.1) is 13.2 Å². The highest BCUT2D eigenvalue weighted by atomic mass is 19.4. The Bertz CT molecular complexity index is 627. The second kappa shape index (κ2) is 5.20. The Morgan fingerprint density at radius 1 is 1.20 bits per heavy atom. The van der Waals surface area contributed by atoms with Crippen LogP contribution in [0.5, 0.6) is 5.75 Å². The lowest BCUT2D eigenvalue weighted by molar-refractivity contribution is -0.274. The lowest BCUT2D eigenvalue weighted by atomic mass is 10.0. The Labute approximate surface area is 112 Å². The molecule has 104 valence electrons. The Hall–Kier alpha value is -2.57. The van der Waals surface area contributed by atoms with E-state index in [9.17, 15) is 18.0 Å². The third-order valence-corrected chi connectivity index (χ3v) is 2.43. The number of hydrogen-bond donors (Lipinski definition) is 1. The Morgan fingerprint density at radius 2 is 1.95 bits per heavy atom. The van der Waals surface area contributed by atoms with Crippen LogP contribution in [0.3, 0.4) is 0 Å². The molecule has 0 aliphatic rings. The minimum Gasteiger partial charge on any atom is -0.404 e. The predicted molar refractivity (Wildman–Crippen MR) is 65.2 cm³/mol. The first-order valence-corrected chi connectivity index (χ1v) is 5.47. The van der Waals surface area contributed by atoms with Crippen LogP contribution in [0.25, 0.3) is 0 Å². The fourth-order valence-electron chi connectivity index (χ4n) is 1.55. The molecule has 2 aromatic rings. The van der Waals surface area contributed by atoms with Gasteiger partial charge < -0.3 is 10.5 Å². The zero-order valence-electron chi connectivity index (χ0n) is 10.0. The van der Waals surface area contributed by atoms with E-state index >= 15 is 0 Å². The first-order valence-electron chi connectivity index (χ1n) is 5.47. The second-order valence-corrected chi connectivity index (χ2v) is 3.87. The normalized spacial score (nSPS) is 11.2. The second-order valence-electron chi connectivity index (χ2n) is 3.87. The van der Waals surface area contributed by atoms with Crippen molar-refractivity contribution in [3.05, 3.63) is 53.9 Å². The van der Waals surface area contributed by atoms with E-state index in [1.165, 1.54) is 30.6 Å². The summed E-state index contributed by atoms with van der Waals surface area (Å²) in [6.07, 6.45) is -2.06. The highest BCUT2D eigenvalue weighted by Crippen LogP contribution is 2.29. The van der Waals surface area contributed by atoms with Gasteiger partial charge in [-0.05, 0) is 30.3 Å². The van der Waals surface area contributed by atoms with Crippen LogP contribution in [0.15, 0.2) is 42.7 Å². The molecular formula is C13H9F3N2O2. The molecule has 2 N–H and O–H groups in total. The summed E-state index contributed by atoms with van der Waals surface area (Å²) >= 11 is 0. The van der Waals surface area contributed by atoms with Gasteiger partial charge in [0.25, 0.3) is 0 Å². The Kier molecular flexibility index (Phi) is 3.60. The summed E-state index contributed by atoms with van der Waals surface area (Å²) in [7, 11) is 0. The SMILES string of the molecule is Nc1ccc(C(=O)c2cccnc2)cc1OC(F)(F)F. The van der Waals surface area contributed by atoms with E-state index < -0.39 is 17.9 Å². The summed E-state index contributed by atoms with van der Waals surface area (Å²) in [5, 5.41) is 0. The number of aromatic nitrogens is 1. The van der Waals surface area contributed by atoms with Crippen molar-refractivity contribution in [2.75, 3.05) is 5.73 Å². The van der Waals surface area contributed by atoms with Gasteiger partial charge in [0, 0.05) is 23.5 Å². The summed E-state index contributed by atoms with van der Waals surface area (Å²) in [6, 6.07) is 6.53. The van der Waals surface area contributed by atoms with Gasteiger partial charge in [0.2, 0.25) is 0 Å². The van der Waals surface area contributed by atoms with Crippen molar-refractivity contribution in [3.63, 3.8) is 0 Å². The van der Waals surface area contributed by atoms with Crippen LogP contribution in [-0.2, 0) is 0 Å². The number of ketones is 1. The number of pyridine rings is 1. The van der Waals surface area contributed by atoms with Crippen molar-refractivity contribution in [2.24, 2.45) is 0 Å². The van der Waals surface area contributed by atoms with E-state index in [0.717, 1.165) is 6.07 Å². The molecule has 0 aliphatic heterocycles. The van der Waals surface area contributed by atoms with E-state index in [1.54, 1.807) is 6.07 Å². The lowest BCUT2D eigenvalue weighted by Crippen LogP contribution is -2.18. The number of nitrogens with zero attached hydrogens (tertiary/aromatic N) is 1. The molecule has 0 saturated carbocycles. The van der Waals surface area contributed by atoms with Crippen LogP contribution in [0, 0.1) is 0 Å². The van der Waals surface area contributed by atoms with Gasteiger partial charge >= 0.3 is 6.36 Å². The molecule has 7 heteroatoms. The number of ether oxygens (including phenoxy) is 1. The number of halogens is 3. The van der Waals surface area contributed by atoms with Crippen molar-refractivity contribution in [1.29, 1.82) is 0 Å². The highest BCUT2D eigenvalue weighted by molar-refractivity contribution is 6.09. The number of alkyl halides is 3. The first-order chi connectivity index (χ1) is 9.37. The summed E-state index contributed by atoms with van der Waals surface area (Å²) in [6.45, 7) is 0. The maximum absolute atomic E-state index is 12.2. The number of nitrogens with two attached hydrogens (primary N) is 1. The molecule has 0 spiro atoms. The largest absolute Gasteiger partial charge is 0.573 e. The molecule has 4 nitrogen and oxygen atoms in total. The van der Waals surface area contributed by atoms with E-state index in [0.29, 0.717) is 0 Å². The minimum atomic E-state index is -4.87. The third-order valence-electron chi connectivity index (χ3n) is 2.43. The van der Waals surface area contributed by atoms with Crippen molar-refractivity contribution in [1.82, 2.24) is 4.98 Å². The van der Waals surface area contributed by atoms with Crippen molar-refractivity contribution in [3.8, 4) is 5.75 Å². The molecule has 2 rings (SSSR count). The van der Waals surface area contributed by atoms with Crippen molar-refractivity contribution in [2.45, 2.75) is 6.36 Å². The quantitative estimate of drug-likeness (QED) is 0.694. The summed E-state index contributed by atoms with van der Waals surface area (Å²) in [5.74, 6) is -1.07. The number of anilines is 1. The monoisotopic (exact) mass is 282 g/mol. The fourth-order valence-corrected chi connectivity index (χ4v) is 1.55. The van der Waals surface area contributed by atoms with E-state index in [2.05, 4.69) is 9.72 Å². The number of hydrogen-bond acceptors (Lipinski definition) is 4. The molecule has 0 fully saturated rings. The maximum atomic E-state index is 12.2. The lowest BCUT2D eigenvalue weighted by Gasteiger charge is -2.12. The van der Waals surface area contributed by atoms with Gasteiger partial charge in [0.1, 0.15) is 0 Å². The molecule has 0 saturated heterocycles. The molecule has 1 heterocycles. The first kappa shape index (κ1) is 13.9. The van der Waals surface area contributed by atoms with Crippen molar-refractivity contribution < 1.29 is 22.7 Å². The van der Waals surface area contributed by atoms with Crippen LogP contribution in [0.2, 0.25) is 0 Å². The average Bonchev–Trinajstić information content (AvgIpc) is 2.40. The molecule has 20 heavy (non-hydrogen) atoms. The Balaban J connectivity index is 2.34. The predicted octanol–water partition coefficient (Wildman–Crippen LogP) is 2.79. The number of rotatable bonds is 3. The standard InChI is InChI=1S/C13H9F3N2O2/c14-13(15,16)20-11-6-8(3-4-10(11)17)12(19)9-2-1-5-18-7-9/h1-7H,17H2. The molecule has 0 aliphatic carbocycles. The molecular weight excluding hydrogens is 273 g/mol. The van der Waals surface area contributed by atoms with Gasteiger partial charge in [-0.2, -0.15) is 0 Å².